The van der Waals surface area contributed by atoms with Crippen LogP contribution in [0.5, 0.6) is 0 Å². The van der Waals surface area contributed by atoms with Gasteiger partial charge in [0.25, 0.3) is 0 Å². The van der Waals surface area contributed by atoms with Gasteiger partial charge in [-0.3, -0.25) is 9.78 Å². The van der Waals surface area contributed by atoms with Crippen LogP contribution < -0.4 is 5.32 Å². The second kappa shape index (κ2) is 4.56. The second-order valence-corrected chi connectivity index (χ2v) is 5.92. The summed E-state index contributed by atoms with van der Waals surface area (Å²) >= 11 is 3.43. The van der Waals surface area contributed by atoms with Crippen molar-refractivity contribution in [3.05, 3.63) is 28.5 Å². The first kappa shape index (κ1) is 12.5. The number of carbonyl (C=O) groups excluding carboxylic acids is 1. The lowest BCUT2D eigenvalue weighted by atomic mass is 9.82. The van der Waals surface area contributed by atoms with Gasteiger partial charge >= 0.3 is 0 Å². The molecule has 1 amide bonds. The number of amides is 1. The summed E-state index contributed by atoms with van der Waals surface area (Å²) in [4.78, 5) is 20.6. The van der Waals surface area contributed by atoms with Gasteiger partial charge in [0.15, 0.2) is 0 Å². The topological polar surface area (TPSA) is 54.9 Å². The summed E-state index contributed by atoms with van der Waals surface area (Å²) in [6.07, 6.45) is 2.27. The summed E-state index contributed by atoms with van der Waals surface area (Å²) in [7, 11) is 0. The average molecular weight is 320 g/mol. The SMILES string of the molecule is CC(C)C1CC(=O)Nc2nc(Br)c3ncccc3c21. The summed E-state index contributed by atoms with van der Waals surface area (Å²) in [5.41, 5.74) is 1.96. The molecule has 1 unspecified atom stereocenters. The number of hydrogen-bond donors (Lipinski definition) is 1. The van der Waals surface area contributed by atoms with Crippen LogP contribution in [0, 0.1) is 5.92 Å². The van der Waals surface area contributed by atoms with E-state index in [4.69, 9.17) is 0 Å². The molecule has 98 valence electrons. The normalized spacial score (nSPS) is 18.5. The van der Waals surface area contributed by atoms with Gasteiger partial charge in [0.05, 0.1) is 0 Å². The first-order valence-corrected chi connectivity index (χ1v) is 7.11. The zero-order valence-electron chi connectivity index (χ0n) is 10.8. The lowest BCUT2D eigenvalue weighted by Crippen LogP contribution is -2.26. The zero-order chi connectivity index (χ0) is 13.6. The molecule has 3 rings (SSSR count). The Labute approximate surface area is 119 Å². The molecule has 0 aromatic carbocycles. The summed E-state index contributed by atoms with van der Waals surface area (Å²) in [6.45, 7) is 4.27. The van der Waals surface area contributed by atoms with E-state index in [2.05, 4.69) is 45.1 Å². The van der Waals surface area contributed by atoms with E-state index >= 15 is 0 Å². The van der Waals surface area contributed by atoms with Crippen molar-refractivity contribution >= 4 is 38.6 Å². The zero-order valence-corrected chi connectivity index (χ0v) is 12.4. The van der Waals surface area contributed by atoms with Gasteiger partial charge in [-0.05, 0) is 33.8 Å². The van der Waals surface area contributed by atoms with Gasteiger partial charge in [0, 0.05) is 23.6 Å². The fourth-order valence-electron chi connectivity index (χ4n) is 2.65. The third kappa shape index (κ3) is 2.02. The van der Waals surface area contributed by atoms with Gasteiger partial charge in [0.1, 0.15) is 15.9 Å². The largest absolute Gasteiger partial charge is 0.310 e. The monoisotopic (exact) mass is 319 g/mol. The molecular formula is C14H14BrN3O. The molecule has 1 aliphatic heterocycles. The van der Waals surface area contributed by atoms with E-state index in [1.54, 1.807) is 6.20 Å². The van der Waals surface area contributed by atoms with Crippen molar-refractivity contribution < 1.29 is 4.79 Å². The van der Waals surface area contributed by atoms with Crippen LogP contribution in [0.15, 0.2) is 22.9 Å². The Morgan fingerprint density at radius 3 is 3.00 bits per heavy atom. The molecule has 4 nitrogen and oxygen atoms in total. The number of rotatable bonds is 1. The van der Waals surface area contributed by atoms with Crippen LogP contribution in [-0.4, -0.2) is 15.9 Å². The average Bonchev–Trinajstić information content (AvgIpc) is 2.37. The van der Waals surface area contributed by atoms with Crippen LogP contribution in [0.1, 0.15) is 31.7 Å². The number of nitrogens with one attached hydrogen (secondary N) is 1. The molecule has 0 radical (unpaired) electrons. The number of nitrogens with zero attached hydrogens (tertiary/aromatic N) is 2. The lowest BCUT2D eigenvalue weighted by Gasteiger charge is -2.29. The van der Waals surface area contributed by atoms with E-state index in [0.717, 1.165) is 16.5 Å². The van der Waals surface area contributed by atoms with Crippen LogP contribution in [0.3, 0.4) is 0 Å². The molecule has 0 spiro atoms. The minimum atomic E-state index is 0.0360. The van der Waals surface area contributed by atoms with E-state index in [9.17, 15) is 4.79 Å². The van der Waals surface area contributed by atoms with E-state index < -0.39 is 0 Å². The first-order chi connectivity index (χ1) is 9.08. The van der Waals surface area contributed by atoms with Crippen molar-refractivity contribution in [1.82, 2.24) is 9.97 Å². The third-order valence-electron chi connectivity index (χ3n) is 3.60. The third-order valence-corrected chi connectivity index (χ3v) is 4.15. The highest BCUT2D eigenvalue weighted by Gasteiger charge is 2.31. The maximum absolute atomic E-state index is 11.8. The minimum Gasteiger partial charge on any atom is -0.310 e. The molecule has 2 aromatic heterocycles. The second-order valence-electron chi connectivity index (χ2n) is 5.17. The minimum absolute atomic E-state index is 0.0360. The number of fused-ring (bicyclic) bond motifs is 3. The van der Waals surface area contributed by atoms with Crippen LogP contribution in [0.25, 0.3) is 10.9 Å². The fourth-order valence-corrected chi connectivity index (χ4v) is 3.14. The molecule has 19 heavy (non-hydrogen) atoms. The van der Waals surface area contributed by atoms with Gasteiger partial charge in [-0.1, -0.05) is 19.9 Å². The quantitative estimate of drug-likeness (QED) is 0.819. The molecule has 0 aliphatic carbocycles. The summed E-state index contributed by atoms with van der Waals surface area (Å²) in [6, 6.07) is 3.96. The highest BCUT2D eigenvalue weighted by molar-refractivity contribution is 9.10. The molecule has 0 fully saturated rings. The van der Waals surface area contributed by atoms with Crippen molar-refractivity contribution in [2.24, 2.45) is 5.92 Å². The van der Waals surface area contributed by atoms with Gasteiger partial charge < -0.3 is 5.32 Å². The molecule has 1 aliphatic rings. The predicted molar refractivity (Wildman–Crippen MR) is 78.1 cm³/mol. The van der Waals surface area contributed by atoms with Gasteiger partial charge in [-0.2, -0.15) is 0 Å². The molecule has 0 saturated heterocycles. The number of pyridine rings is 2. The Morgan fingerprint density at radius 1 is 1.47 bits per heavy atom. The number of halogens is 1. The highest BCUT2D eigenvalue weighted by Crippen LogP contribution is 2.41. The number of aromatic nitrogens is 2. The molecule has 1 N–H and O–H groups in total. The van der Waals surface area contributed by atoms with Crippen molar-refractivity contribution in [3.8, 4) is 0 Å². The van der Waals surface area contributed by atoms with Crippen molar-refractivity contribution in [1.29, 1.82) is 0 Å². The van der Waals surface area contributed by atoms with Crippen LogP contribution in [-0.2, 0) is 4.79 Å². The maximum Gasteiger partial charge on any atom is 0.226 e. The Kier molecular flexibility index (Phi) is 3.01. The molecule has 0 bridgehead atoms. The molecule has 0 saturated carbocycles. The Morgan fingerprint density at radius 2 is 2.26 bits per heavy atom. The van der Waals surface area contributed by atoms with Gasteiger partial charge in [0.2, 0.25) is 5.91 Å². The predicted octanol–water partition coefficient (Wildman–Crippen LogP) is 3.47. The number of anilines is 1. The smallest absolute Gasteiger partial charge is 0.226 e. The van der Waals surface area contributed by atoms with Gasteiger partial charge in [-0.25, -0.2) is 4.98 Å². The van der Waals surface area contributed by atoms with E-state index in [1.165, 1.54) is 0 Å². The van der Waals surface area contributed by atoms with Crippen molar-refractivity contribution in [2.75, 3.05) is 5.32 Å². The van der Waals surface area contributed by atoms with E-state index in [-0.39, 0.29) is 11.8 Å². The van der Waals surface area contributed by atoms with Crippen molar-refractivity contribution in [2.45, 2.75) is 26.2 Å². The van der Waals surface area contributed by atoms with Crippen molar-refractivity contribution in [3.63, 3.8) is 0 Å². The summed E-state index contributed by atoms with van der Waals surface area (Å²) < 4.78 is 0.673. The molecular weight excluding hydrogens is 306 g/mol. The Bertz CT molecular complexity index is 669. The Hall–Kier alpha value is -1.49. The number of carbonyl (C=O) groups is 1. The molecule has 2 aromatic rings. The van der Waals surface area contributed by atoms with Crippen LogP contribution >= 0.6 is 15.9 Å². The lowest BCUT2D eigenvalue weighted by molar-refractivity contribution is -0.117. The van der Waals surface area contributed by atoms with Gasteiger partial charge in [-0.15, -0.1) is 0 Å². The molecule has 3 heterocycles. The summed E-state index contributed by atoms with van der Waals surface area (Å²) in [5, 5.41) is 3.94. The van der Waals surface area contributed by atoms with Crippen LogP contribution in [0.2, 0.25) is 0 Å². The summed E-state index contributed by atoms with van der Waals surface area (Å²) in [5.74, 6) is 1.28. The molecule has 5 heteroatoms. The molecule has 1 atom stereocenters. The number of hydrogen-bond acceptors (Lipinski definition) is 3. The highest BCUT2D eigenvalue weighted by atomic mass is 79.9. The van der Waals surface area contributed by atoms with E-state index in [0.29, 0.717) is 22.8 Å². The standard InChI is InChI=1S/C14H14BrN3O/c1-7(2)9-6-10(19)17-14-11(9)8-4-3-5-16-12(8)13(15)18-14/h3-5,7,9H,6H2,1-2H3,(H,17,18,19). The van der Waals surface area contributed by atoms with Crippen LogP contribution in [0.4, 0.5) is 5.82 Å². The van der Waals surface area contributed by atoms with E-state index in [1.807, 2.05) is 12.1 Å². The Balaban J connectivity index is 2.34. The fraction of sp³-hybridized carbons (Fsp3) is 0.357. The first-order valence-electron chi connectivity index (χ1n) is 6.32. The maximum atomic E-state index is 11.8.